The normalized spacial score (nSPS) is 19.6. The van der Waals surface area contributed by atoms with E-state index in [0.717, 1.165) is 10.8 Å². The molecule has 0 amide bonds. The summed E-state index contributed by atoms with van der Waals surface area (Å²) in [6, 6.07) is 0. The molecule has 0 saturated carbocycles. The molecule has 0 bridgehead atoms. The lowest BCUT2D eigenvalue weighted by molar-refractivity contribution is -0.0135. The second kappa shape index (κ2) is 2.46. The molecule has 1 heterocycles. The van der Waals surface area contributed by atoms with Crippen LogP contribution >= 0.6 is 0 Å². The molecular weight excluding hydrogens is 116 g/mol. The highest BCUT2D eigenvalue weighted by molar-refractivity contribution is 5.76. The third-order valence-electron chi connectivity index (χ3n) is 0.896. The lowest BCUT2D eigenvalue weighted by Crippen LogP contribution is -2.02. The fourth-order valence-electron chi connectivity index (χ4n) is 0.582. The van der Waals surface area contributed by atoms with Crippen molar-refractivity contribution in [1.82, 2.24) is 5.06 Å². The quantitative estimate of drug-likeness (QED) is 0.524. The van der Waals surface area contributed by atoms with Crippen LogP contribution in [0, 0.1) is 0 Å². The topological polar surface area (TPSA) is 35.8 Å². The molecule has 1 aliphatic rings. The van der Waals surface area contributed by atoms with E-state index in [-0.39, 0.29) is 0 Å². The summed E-state index contributed by atoms with van der Waals surface area (Å²) in [6.45, 7) is 0. The molecule has 1 aliphatic heterocycles. The zero-order valence-electron chi connectivity index (χ0n) is 5.15. The van der Waals surface area contributed by atoms with E-state index in [0.29, 0.717) is 0 Å². The second-order valence-electron chi connectivity index (χ2n) is 1.76. The van der Waals surface area contributed by atoms with Crippen molar-refractivity contribution in [2.45, 2.75) is 0 Å². The molecule has 3 heteroatoms. The van der Waals surface area contributed by atoms with E-state index in [9.17, 15) is 0 Å². The van der Waals surface area contributed by atoms with Crippen LogP contribution in [-0.4, -0.2) is 23.5 Å². The molecule has 1 rings (SSSR count). The second-order valence-corrected chi connectivity index (χ2v) is 1.76. The molecule has 9 heavy (non-hydrogen) atoms. The first kappa shape index (κ1) is 6.04. The summed E-state index contributed by atoms with van der Waals surface area (Å²) in [5, 5.41) is 9.64. The Balaban J connectivity index is 2.62. The molecule has 0 radical (unpaired) electrons. The third kappa shape index (κ3) is 1.70. The summed E-state index contributed by atoms with van der Waals surface area (Å²) in [7, 11) is 1.54. The Hall–Kier alpha value is -1.09. The van der Waals surface area contributed by atoms with Gasteiger partial charge >= 0.3 is 0 Å². The van der Waals surface area contributed by atoms with Crippen molar-refractivity contribution in [3.63, 3.8) is 0 Å². The number of hydrogen-bond acceptors (Lipinski definition) is 3. The van der Waals surface area contributed by atoms with Gasteiger partial charge in [0.05, 0.1) is 11.9 Å². The van der Waals surface area contributed by atoms with Crippen molar-refractivity contribution in [3.05, 3.63) is 24.0 Å². The minimum Gasteiger partial charge on any atom is -0.289 e. The van der Waals surface area contributed by atoms with Gasteiger partial charge in [0.15, 0.2) is 0 Å². The van der Waals surface area contributed by atoms with Crippen LogP contribution in [0.15, 0.2) is 29.0 Å². The highest BCUT2D eigenvalue weighted by Gasteiger charge is 1.91. The van der Waals surface area contributed by atoms with Gasteiger partial charge < -0.3 is 0 Å². The van der Waals surface area contributed by atoms with E-state index in [2.05, 4.69) is 4.99 Å². The monoisotopic (exact) mass is 124 g/mol. The third-order valence-corrected chi connectivity index (χ3v) is 0.896. The van der Waals surface area contributed by atoms with Gasteiger partial charge in [0.25, 0.3) is 0 Å². The maximum Gasteiger partial charge on any atom is 0.0813 e. The van der Waals surface area contributed by atoms with Gasteiger partial charge in [-0.05, 0) is 12.2 Å². The van der Waals surface area contributed by atoms with Crippen molar-refractivity contribution in [1.29, 1.82) is 0 Å². The molecule has 0 aromatic rings. The standard InChI is InChI=1S/C6H8N2O/c1-8(9)5-6-3-2-4-7-6/h2-5,9H,1H3. The minimum absolute atomic E-state index is 0.764. The number of aliphatic imine (C=N–C) groups is 1. The van der Waals surface area contributed by atoms with Gasteiger partial charge in [0.1, 0.15) is 0 Å². The van der Waals surface area contributed by atoms with Crippen LogP contribution in [0.4, 0.5) is 0 Å². The van der Waals surface area contributed by atoms with E-state index >= 15 is 0 Å². The maximum absolute atomic E-state index is 8.66. The lowest BCUT2D eigenvalue weighted by atomic mass is 10.5. The Labute approximate surface area is 53.6 Å². The van der Waals surface area contributed by atoms with Gasteiger partial charge in [0.2, 0.25) is 0 Å². The van der Waals surface area contributed by atoms with Crippen LogP contribution in [0.3, 0.4) is 0 Å². The van der Waals surface area contributed by atoms with Gasteiger partial charge in [-0.2, -0.15) is 0 Å². The number of hydrogen-bond donors (Lipinski definition) is 1. The zero-order chi connectivity index (χ0) is 6.69. The van der Waals surface area contributed by atoms with Crippen LogP contribution in [0.5, 0.6) is 0 Å². The fraction of sp³-hybridized carbons (Fsp3) is 0.167. The average molecular weight is 124 g/mol. The van der Waals surface area contributed by atoms with Crippen LogP contribution in [0.2, 0.25) is 0 Å². The van der Waals surface area contributed by atoms with Crippen LogP contribution < -0.4 is 0 Å². The largest absolute Gasteiger partial charge is 0.289 e. The summed E-state index contributed by atoms with van der Waals surface area (Å²) < 4.78 is 0. The lowest BCUT2D eigenvalue weighted by Gasteiger charge is -2.00. The first-order valence-corrected chi connectivity index (χ1v) is 2.63. The molecule has 48 valence electrons. The summed E-state index contributed by atoms with van der Waals surface area (Å²) in [6.07, 6.45) is 6.83. The van der Waals surface area contributed by atoms with Crippen molar-refractivity contribution in [2.75, 3.05) is 7.05 Å². The van der Waals surface area contributed by atoms with Crippen LogP contribution in [0.25, 0.3) is 0 Å². The first-order chi connectivity index (χ1) is 4.29. The molecule has 1 N–H and O–H groups in total. The Bertz CT molecular complexity index is 165. The maximum atomic E-state index is 8.66. The number of nitrogens with zero attached hydrogens (tertiary/aromatic N) is 2. The van der Waals surface area contributed by atoms with Gasteiger partial charge in [0, 0.05) is 13.3 Å². The first-order valence-electron chi connectivity index (χ1n) is 2.63. The Morgan fingerprint density at radius 2 is 2.56 bits per heavy atom. The number of hydroxylamine groups is 2. The van der Waals surface area contributed by atoms with Crippen LogP contribution in [0.1, 0.15) is 0 Å². The highest BCUT2D eigenvalue weighted by Crippen LogP contribution is 2.03. The number of rotatable bonds is 1. The minimum atomic E-state index is 0.764. The molecule has 0 atom stereocenters. The molecule has 3 nitrogen and oxygen atoms in total. The summed E-state index contributed by atoms with van der Waals surface area (Å²) in [5.74, 6) is 0. The van der Waals surface area contributed by atoms with Crippen molar-refractivity contribution < 1.29 is 5.21 Å². The summed E-state index contributed by atoms with van der Waals surface area (Å²) >= 11 is 0. The predicted molar refractivity (Wildman–Crippen MR) is 35.3 cm³/mol. The zero-order valence-corrected chi connectivity index (χ0v) is 5.15. The molecule has 0 aliphatic carbocycles. The molecule has 0 aromatic carbocycles. The van der Waals surface area contributed by atoms with E-state index in [1.807, 2.05) is 12.2 Å². The number of allylic oxidation sites excluding steroid dienone is 2. The van der Waals surface area contributed by atoms with E-state index in [1.165, 1.54) is 13.2 Å². The predicted octanol–water partition coefficient (Wildman–Crippen LogP) is 0.789. The van der Waals surface area contributed by atoms with Crippen molar-refractivity contribution >= 4 is 6.21 Å². The molecular formula is C6H8N2O. The summed E-state index contributed by atoms with van der Waals surface area (Å²) in [5.41, 5.74) is 0.764. The van der Waals surface area contributed by atoms with Crippen molar-refractivity contribution in [3.8, 4) is 0 Å². The van der Waals surface area contributed by atoms with Gasteiger partial charge in [-0.3, -0.25) is 15.3 Å². The molecule has 0 fully saturated rings. The van der Waals surface area contributed by atoms with Gasteiger partial charge in [-0.1, -0.05) is 0 Å². The van der Waals surface area contributed by atoms with E-state index in [1.54, 1.807) is 6.21 Å². The van der Waals surface area contributed by atoms with Gasteiger partial charge in [-0.25, -0.2) is 0 Å². The van der Waals surface area contributed by atoms with E-state index < -0.39 is 0 Å². The SMILES string of the molecule is CN(O)C=C1C=CC=N1. The average Bonchev–Trinajstić information content (AvgIpc) is 2.15. The van der Waals surface area contributed by atoms with Gasteiger partial charge in [-0.15, -0.1) is 0 Å². The molecule has 0 unspecified atom stereocenters. The molecule has 0 saturated heterocycles. The smallest absolute Gasteiger partial charge is 0.0813 e. The Morgan fingerprint density at radius 3 is 3.00 bits per heavy atom. The Kier molecular flexibility index (Phi) is 1.65. The van der Waals surface area contributed by atoms with E-state index in [4.69, 9.17) is 5.21 Å². The fourth-order valence-corrected chi connectivity index (χ4v) is 0.582. The van der Waals surface area contributed by atoms with Crippen LogP contribution in [-0.2, 0) is 0 Å². The molecule has 0 aromatic heterocycles. The Morgan fingerprint density at radius 1 is 1.78 bits per heavy atom. The highest BCUT2D eigenvalue weighted by atomic mass is 16.5. The summed E-state index contributed by atoms with van der Waals surface area (Å²) in [4.78, 5) is 3.90. The van der Waals surface area contributed by atoms with Crippen molar-refractivity contribution in [2.24, 2.45) is 4.99 Å². The molecule has 0 spiro atoms.